The fraction of sp³-hybridized carbons (Fsp3) is 0.0909. The lowest BCUT2D eigenvalue weighted by Gasteiger charge is -2.05. The molecule has 0 saturated heterocycles. The zero-order chi connectivity index (χ0) is 13.3. The largest absolute Gasteiger partial charge is 0.464 e. The molecule has 1 aromatic heterocycles. The molecule has 0 fully saturated rings. The number of rotatable bonds is 2. The SMILES string of the molecule is COC(=O)c1[nH]c(=S)sc1-c1cccc(Cl)c1Cl. The molecule has 1 aromatic carbocycles. The minimum atomic E-state index is -0.492. The molecular formula is C11H7Cl2NO2S2. The van der Waals surface area contributed by atoms with Crippen molar-refractivity contribution in [1.29, 1.82) is 0 Å². The molecule has 3 nitrogen and oxygen atoms in total. The molecule has 0 saturated carbocycles. The topological polar surface area (TPSA) is 42.1 Å². The van der Waals surface area contributed by atoms with Crippen LogP contribution in [-0.2, 0) is 4.74 Å². The zero-order valence-corrected chi connectivity index (χ0v) is 12.3. The van der Waals surface area contributed by atoms with Gasteiger partial charge in [-0.15, -0.1) is 11.3 Å². The van der Waals surface area contributed by atoms with Crippen LogP contribution < -0.4 is 0 Å². The van der Waals surface area contributed by atoms with Crippen LogP contribution in [0.15, 0.2) is 18.2 Å². The molecule has 0 unspecified atom stereocenters. The predicted octanol–water partition coefficient (Wildman–Crippen LogP) is 4.57. The Kier molecular flexibility index (Phi) is 4.07. The smallest absolute Gasteiger partial charge is 0.356 e. The number of carbonyl (C=O) groups excluding carboxylic acids is 1. The Labute approximate surface area is 122 Å². The van der Waals surface area contributed by atoms with Crippen LogP contribution >= 0.6 is 46.8 Å². The first-order chi connectivity index (χ1) is 8.54. The fourth-order valence-corrected chi connectivity index (χ4v) is 3.10. The van der Waals surface area contributed by atoms with Gasteiger partial charge < -0.3 is 9.72 Å². The lowest BCUT2D eigenvalue weighted by atomic mass is 10.1. The number of benzene rings is 1. The van der Waals surface area contributed by atoms with Gasteiger partial charge in [0.1, 0.15) is 5.69 Å². The van der Waals surface area contributed by atoms with Gasteiger partial charge in [0.25, 0.3) is 0 Å². The van der Waals surface area contributed by atoms with Gasteiger partial charge in [0.2, 0.25) is 0 Å². The number of halogens is 2. The molecule has 2 aromatic rings. The minimum absolute atomic E-state index is 0.289. The summed E-state index contributed by atoms with van der Waals surface area (Å²) in [5, 5.41) is 0.805. The van der Waals surface area contributed by atoms with E-state index in [1.807, 2.05) is 0 Å². The molecule has 2 rings (SSSR count). The van der Waals surface area contributed by atoms with Crippen molar-refractivity contribution in [3.8, 4) is 10.4 Å². The maximum absolute atomic E-state index is 11.6. The summed E-state index contributed by atoms with van der Waals surface area (Å²) in [6.07, 6.45) is 0. The Balaban J connectivity index is 2.68. The molecular weight excluding hydrogens is 313 g/mol. The lowest BCUT2D eigenvalue weighted by molar-refractivity contribution is 0.0596. The number of H-pyrrole nitrogens is 1. The van der Waals surface area contributed by atoms with Crippen molar-refractivity contribution in [2.75, 3.05) is 7.11 Å². The molecule has 7 heteroatoms. The summed E-state index contributed by atoms with van der Waals surface area (Å²) in [5.74, 6) is -0.492. The first-order valence-electron chi connectivity index (χ1n) is 4.80. The highest BCUT2D eigenvalue weighted by atomic mass is 35.5. The quantitative estimate of drug-likeness (QED) is 0.651. The third kappa shape index (κ3) is 2.44. The first-order valence-corrected chi connectivity index (χ1v) is 6.78. The summed E-state index contributed by atoms with van der Waals surface area (Å²) in [6, 6.07) is 5.21. The van der Waals surface area contributed by atoms with Crippen LogP contribution in [-0.4, -0.2) is 18.1 Å². The van der Waals surface area contributed by atoms with Gasteiger partial charge in [0.05, 0.1) is 22.0 Å². The van der Waals surface area contributed by atoms with Gasteiger partial charge in [-0.05, 0) is 18.3 Å². The number of hydrogen-bond donors (Lipinski definition) is 1. The maximum Gasteiger partial charge on any atom is 0.356 e. The average molecular weight is 320 g/mol. The maximum atomic E-state index is 11.6. The normalized spacial score (nSPS) is 10.4. The third-order valence-electron chi connectivity index (χ3n) is 2.23. The average Bonchev–Trinajstić information content (AvgIpc) is 2.73. The van der Waals surface area contributed by atoms with E-state index >= 15 is 0 Å². The summed E-state index contributed by atoms with van der Waals surface area (Å²) < 4.78 is 5.17. The van der Waals surface area contributed by atoms with Crippen LogP contribution in [0.2, 0.25) is 10.0 Å². The molecule has 94 valence electrons. The number of methoxy groups -OCH3 is 1. The summed E-state index contributed by atoms with van der Waals surface area (Å²) in [4.78, 5) is 15.1. The van der Waals surface area contributed by atoms with Crippen molar-refractivity contribution in [2.45, 2.75) is 0 Å². The number of aromatic nitrogens is 1. The molecule has 1 heterocycles. The van der Waals surface area contributed by atoms with Crippen LogP contribution in [0.3, 0.4) is 0 Å². The highest BCUT2D eigenvalue weighted by molar-refractivity contribution is 7.73. The van der Waals surface area contributed by atoms with Crippen LogP contribution in [0.25, 0.3) is 10.4 Å². The molecule has 0 spiro atoms. The summed E-state index contributed by atoms with van der Waals surface area (Å²) in [7, 11) is 1.31. The molecule has 0 bridgehead atoms. The predicted molar refractivity (Wildman–Crippen MR) is 76.3 cm³/mol. The van der Waals surface area contributed by atoms with Gasteiger partial charge in [-0.25, -0.2) is 4.79 Å². The van der Waals surface area contributed by atoms with E-state index in [1.165, 1.54) is 18.4 Å². The molecule has 0 amide bonds. The summed E-state index contributed by atoms with van der Waals surface area (Å²) >= 11 is 18.4. The van der Waals surface area contributed by atoms with Gasteiger partial charge in [0.15, 0.2) is 3.95 Å². The van der Waals surface area contributed by atoms with Crippen molar-refractivity contribution >= 4 is 52.7 Å². The fourth-order valence-electron chi connectivity index (χ4n) is 1.44. The van der Waals surface area contributed by atoms with Gasteiger partial charge in [-0.1, -0.05) is 35.3 Å². The van der Waals surface area contributed by atoms with Crippen LogP contribution in [0.1, 0.15) is 10.5 Å². The van der Waals surface area contributed by atoms with E-state index in [1.54, 1.807) is 18.2 Å². The Morgan fingerprint density at radius 3 is 2.83 bits per heavy atom. The molecule has 0 aliphatic rings. The second-order valence-corrected chi connectivity index (χ2v) is 5.78. The minimum Gasteiger partial charge on any atom is -0.464 e. The Morgan fingerprint density at radius 1 is 1.44 bits per heavy atom. The number of esters is 1. The van der Waals surface area contributed by atoms with Crippen LogP contribution in [0, 0.1) is 3.95 Å². The van der Waals surface area contributed by atoms with Crippen molar-refractivity contribution < 1.29 is 9.53 Å². The summed E-state index contributed by atoms with van der Waals surface area (Å²) in [6.45, 7) is 0. The van der Waals surface area contributed by atoms with Crippen LogP contribution in [0.5, 0.6) is 0 Å². The van der Waals surface area contributed by atoms with Gasteiger partial charge in [-0.2, -0.15) is 0 Å². The highest BCUT2D eigenvalue weighted by Gasteiger charge is 2.19. The standard InChI is InChI=1S/C11H7Cl2NO2S2/c1-16-10(15)8-9(18-11(17)14-8)5-3-2-4-6(12)7(5)13/h2-4H,1H3,(H,14,17). The Hall–Kier alpha value is -0.880. The molecule has 0 atom stereocenters. The molecule has 0 aliphatic carbocycles. The van der Waals surface area contributed by atoms with E-state index in [9.17, 15) is 4.79 Å². The Bertz CT molecular complexity index is 663. The molecule has 1 N–H and O–H groups in total. The first kappa shape index (κ1) is 13.5. The van der Waals surface area contributed by atoms with Crippen molar-refractivity contribution in [3.63, 3.8) is 0 Å². The monoisotopic (exact) mass is 319 g/mol. The molecule has 18 heavy (non-hydrogen) atoms. The van der Waals surface area contributed by atoms with E-state index < -0.39 is 5.97 Å². The number of aromatic amines is 1. The summed E-state index contributed by atoms with van der Waals surface area (Å²) in [5.41, 5.74) is 0.943. The van der Waals surface area contributed by atoms with Crippen molar-refractivity contribution in [3.05, 3.63) is 37.9 Å². The van der Waals surface area contributed by atoms with Crippen molar-refractivity contribution in [2.24, 2.45) is 0 Å². The van der Waals surface area contributed by atoms with Crippen LogP contribution in [0.4, 0.5) is 0 Å². The van der Waals surface area contributed by atoms with Gasteiger partial charge >= 0.3 is 5.97 Å². The molecule has 0 radical (unpaired) electrons. The third-order valence-corrected chi connectivity index (χ3v) is 4.32. The number of nitrogens with one attached hydrogen (secondary N) is 1. The number of carbonyl (C=O) groups is 1. The number of ether oxygens (including phenoxy) is 1. The van der Waals surface area contributed by atoms with E-state index in [0.29, 0.717) is 24.4 Å². The highest BCUT2D eigenvalue weighted by Crippen LogP contribution is 2.37. The second-order valence-electron chi connectivity index (χ2n) is 3.31. The van der Waals surface area contributed by atoms with E-state index in [0.717, 1.165) is 0 Å². The molecule has 0 aliphatic heterocycles. The zero-order valence-electron chi connectivity index (χ0n) is 9.12. The van der Waals surface area contributed by atoms with Crippen molar-refractivity contribution in [1.82, 2.24) is 4.98 Å². The second kappa shape index (κ2) is 5.40. The van der Waals surface area contributed by atoms with Gasteiger partial charge in [0, 0.05) is 5.56 Å². The lowest BCUT2D eigenvalue weighted by Crippen LogP contribution is -2.03. The van der Waals surface area contributed by atoms with Gasteiger partial charge in [-0.3, -0.25) is 0 Å². The number of hydrogen-bond acceptors (Lipinski definition) is 4. The number of thiazole rings is 1. The van der Waals surface area contributed by atoms with E-state index in [2.05, 4.69) is 4.98 Å². The van der Waals surface area contributed by atoms with E-state index in [4.69, 9.17) is 40.2 Å². The van der Waals surface area contributed by atoms with E-state index in [-0.39, 0.29) is 5.69 Å². The Morgan fingerprint density at radius 2 is 2.17 bits per heavy atom.